The summed E-state index contributed by atoms with van der Waals surface area (Å²) in [6.45, 7) is 5.51. The van der Waals surface area contributed by atoms with Crippen molar-refractivity contribution in [2.24, 2.45) is 0 Å². The maximum atomic E-state index is 5.81. The van der Waals surface area contributed by atoms with Crippen LogP contribution in [0.1, 0.15) is 24.7 Å². The summed E-state index contributed by atoms with van der Waals surface area (Å²) in [4.78, 5) is 8.60. The number of hydrogen-bond acceptors (Lipinski definition) is 5. The number of anilines is 2. The van der Waals surface area contributed by atoms with Crippen molar-refractivity contribution in [1.82, 2.24) is 9.97 Å². The molecular weight excluding hydrogens is 204 g/mol. The first kappa shape index (κ1) is 12.7. The molecule has 0 saturated carbocycles. The number of hydrogen-bond donors (Lipinski definition) is 2. The molecule has 90 valence electrons. The maximum absolute atomic E-state index is 5.81. The average molecular weight is 224 g/mol. The molecule has 16 heavy (non-hydrogen) atoms. The van der Waals surface area contributed by atoms with Crippen LogP contribution < -0.4 is 11.1 Å². The highest BCUT2D eigenvalue weighted by atomic mass is 16.5. The largest absolute Gasteiger partial charge is 0.385 e. The summed E-state index contributed by atoms with van der Waals surface area (Å²) in [6.07, 6.45) is 1.73. The van der Waals surface area contributed by atoms with Crippen LogP contribution in [-0.2, 0) is 11.2 Å². The first-order chi connectivity index (χ1) is 7.69. The number of nitrogens with two attached hydrogens (primary N) is 1. The lowest BCUT2D eigenvalue weighted by atomic mass is 10.3. The predicted octanol–water partition coefficient (Wildman–Crippen LogP) is 1.38. The van der Waals surface area contributed by atoms with Gasteiger partial charge in [-0.3, -0.25) is 0 Å². The zero-order chi connectivity index (χ0) is 12.0. The molecule has 0 radical (unpaired) electrons. The van der Waals surface area contributed by atoms with Crippen molar-refractivity contribution in [2.75, 3.05) is 31.3 Å². The number of aryl methyl sites for hydroxylation is 1. The molecule has 0 amide bonds. The van der Waals surface area contributed by atoms with Crippen molar-refractivity contribution in [3.05, 3.63) is 11.4 Å². The van der Waals surface area contributed by atoms with E-state index < -0.39 is 0 Å². The quantitative estimate of drug-likeness (QED) is 0.714. The minimum Gasteiger partial charge on any atom is -0.385 e. The van der Waals surface area contributed by atoms with E-state index in [4.69, 9.17) is 10.5 Å². The molecule has 1 aromatic rings. The zero-order valence-electron chi connectivity index (χ0n) is 10.2. The minimum absolute atomic E-state index is 0.557. The van der Waals surface area contributed by atoms with E-state index in [-0.39, 0.29) is 0 Å². The van der Waals surface area contributed by atoms with E-state index in [9.17, 15) is 0 Å². The molecular formula is C11H20N4O. The first-order valence-corrected chi connectivity index (χ1v) is 5.54. The third-order valence-corrected chi connectivity index (χ3v) is 2.36. The van der Waals surface area contributed by atoms with Crippen molar-refractivity contribution in [3.8, 4) is 0 Å². The molecule has 1 heterocycles. The second-order valence-electron chi connectivity index (χ2n) is 3.63. The number of ether oxygens (including phenoxy) is 1. The highest BCUT2D eigenvalue weighted by Crippen LogP contribution is 2.17. The summed E-state index contributed by atoms with van der Waals surface area (Å²) in [6, 6.07) is 0. The van der Waals surface area contributed by atoms with Crippen LogP contribution in [0.5, 0.6) is 0 Å². The van der Waals surface area contributed by atoms with Gasteiger partial charge in [-0.15, -0.1) is 0 Å². The topological polar surface area (TPSA) is 73.1 Å². The van der Waals surface area contributed by atoms with E-state index in [0.717, 1.165) is 43.2 Å². The van der Waals surface area contributed by atoms with Gasteiger partial charge in [-0.25, -0.2) is 9.97 Å². The Kier molecular flexibility index (Phi) is 4.98. The Bertz CT molecular complexity index is 341. The Morgan fingerprint density at radius 2 is 2.12 bits per heavy atom. The number of nitrogens with zero attached hydrogens (tertiary/aromatic N) is 2. The summed E-state index contributed by atoms with van der Waals surface area (Å²) in [7, 11) is 1.70. The normalized spacial score (nSPS) is 10.4. The summed E-state index contributed by atoms with van der Waals surface area (Å²) >= 11 is 0. The Labute approximate surface area is 96.4 Å². The molecule has 1 rings (SSSR count). The van der Waals surface area contributed by atoms with Crippen LogP contribution in [-0.4, -0.2) is 30.2 Å². The second-order valence-corrected chi connectivity index (χ2v) is 3.63. The summed E-state index contributed by atoms with van der Waals surface area (Å²) in [5, 5.41) is 3.25. The van der Waals surface area contributed by atoms with Crippen LogP contribution in [0.2, 0.25) is 0 Å². The minimum atomic E-state index is 0.557. The molecule has 5 nitrogen and oxygen atoms in total. The van der Waals surface area contributed by atoms with Gasteiger partial charge in [-0.05, 0) is 13.3 Å². The number of methoxy groups -OCH3 is 1. The Balaban J connectivity index is 2.66. The molecule has 1 aromatic heterocycles. The van der Waals surface area contributed by atoms with Crippen LogP contribution in [0.3, 0.4) is 0 Å². The van der Waals surface area contributed by atoms with Gasteiger partial charge < -0.3 is 15.8 Å². The zero-order valence-corrected chi connectivity index (χ0v) is 10.2. The smallest absolute Gasteiger partial charge is 0.134 e. The number of rotatable bonds is 6. The first-order valence-electron chi connectivity index (χ1n) is 5.54. The third kappa shape index (κ3) is 3.34. The number of aromatic nitrogens is 2. The molecule has 0 spiro atoms. The fourth-order valence-corrected chi connectivity index (χ4v) is 1.34. The van der Waals surface area contributed by atoms with Gasteiger partial charge in [0.25, 0.3) is 0 Å². The maximum Gasteiger partial charge on any atom is 0.134 e. The van der Waals surface area contributed by atoms with Gasteiger partial charge in [0.05, 0.1) is 0 Å². The Morgan fingerprint density at radius 1 is 1.38 bits per heavy atom. The molecule has 0 aliphatic rings. The molecule has 0 aliphatic heterocycles. The SMILES string of the molecule is CCc1nc(N)c(C)c(NCCCOC)n1. The Hall–Kier alpha value is -1.36. The molecule has 0 fully saturated rings. The number of nitrogens with one attached hydrogen (secondary N) is 1. The summed E-state index contributed by atoms with van der Waals surface area (Å²) < 4.78 is 4.98. The standard InChI is InChI=1S/C11H20N4O/c1-4-9-14-10(12)8(2)11(15-9)13-6-5-7-16-3/h4-7H2,1-3H3,(H3,12,13,14,15). The third-order valence-electron chi connectivity index (χ3n) is 2.36. The predicted molar refractivity (Wildman–Crippen MR) is 65.5 cm³/mol. The van der Waals surface area contributed by atoms with Gasteiger partial charge in [0.15, 0.2) is 0 Å². The molecule has 0 saturated heterocycles. The molecule has 3 N–H and O–H groups in total. The van der Waals surface area contributed by atoms with E-state index in [1.807, 2.05) is 13.8 Å². The molecule has 0 unspecified atom stereocenters. The highest BCUT2D eigenvalue weighted by molar-refractivity contribution is 5.54. The van der Waals surface area contributed by atoms with Crippen molar-refractivity contribution >= 4 is 11.6 Å². The van der Waals surface area contributed by atoms with Gasteiger partial charge in [-0.2, -0.15) is 0 Å². The van der Waals surface area contributed by atoms with Gasteiger partial charge in [0.1, 0.15) is 17.5 Å². The van der Waals surface area contributed by atoms with Crippen molar-refractivity contribution in [2.45, 2.75) is 26.7 Å². The molecule has 0 aliphatic carbocycles. The summed E-state index contributed by atoms with van der Waals surface area (Å²) in [5.74, 6) is 2.17. The van der Waals surface area contributed by atoms with Gasteiger partial charge in [0.2, 0.25) is 0 Å². The molecule has 5 heteroatoms. The van der Waals surface area contributed by atoms with Crippen LogP contribution >= 0.6 is 0 Å². The van der Waals surface area contributed by atoms with E-state index in [1.165, 1.54) is 0 Å². The lowest BCUT2D eigenvalue weighted by Gasteiger charge is -2.11. The lowest BCUT2D eigenvalue weighted by Crippen LogP contribution is -2.11. The van der Waals surface area contributed by atoms with E-state index in [0.29, 0.717) is 5.82 Å². The van der Waals surface area contributed by atoms with Crippen molar-refractivity contribution in [1.29, 1.82) is 0 Å². The van der Waals surface area contributed by atoms with Crippen molar-refractivity contribution < 1.29 is 4.74 Å². The highest BCUT2D eigenvalue weighted by Gasteiger charge is 2.06. The average Bonchev–Trinajstić information content (AvgIpc) is 2.29. The molecule has 0 bridgehead atoms. The van der Waals surface area contributed by atoms with Gasteiger partial charge >= 0.3 is 0 Å². The van der Waals surface area contributed by atoms with Crippen LogP contribution in [0.15, 0.2) is 0 Å². The van der Waals surface area contributed by atoms with Crippen LogP contribution in [0.4, 0.5) is 11.6 Å². The van der Waals surface area contributed by atoms with E-state index in [1.54, 1.807) is 7.11 Å². The van der Waals surface area contributed by atoms with Crippen LogP contribution in [0, 0.1) is 6.92 Å². The molecule has 0 aromatic carbocycles. The second kappa shape index (κ2) is 6.27. The lowest BCUT2D eigenvalue weighted by molar-refractivity contribution is 0.197. The molecule has 0 atom stereocenters. The van der Waals surface area contributed by atoms with Gasteiger partial charge in [0, 0.05) is 32.2 Å². The number of nitrogen functional groups attached to an aromatic ring is 1. The fourth-order valence-electron chi connectivity index (χ4n) is 1.34. The monoisotopic (exact) mass is 224 g/mol. The fraction of sp³-hybridized carbons (Fsp3) is 0.636. The van der Waals surface area contributed by atoms with Crippen LogP contribution in [0.25, 0.3) is 0 Å². The Morgan fingerprint density at radius 3 is 2.75 bits per heavy atom. The summed E-state index contributed by atoms with van der Waals surface area (Å²) in [5.41, 5.74) is 6.72. The van der Waals surface area contributed by atoms with E-state index >= 15 is 0 Å². The van der Waals surface area contributed by atoms with Crippen molar-refractivity contribution in [3.63, 3.8) is 0 Å². The van der Waals surface area contributed by atoms with Gasteiger partial charge in [-0.1, -0.05) is 6.92 Å². The van der Waals surface area contributed by atoms with E-state index in [2.05, 4.69) is 15.3 Å².